The first kappa shape index (κ1) is 20.6. The number of amides is 1. The van der Waals surface area contributed by atoms with Crippen molar-refractivity contribution in [2.75, 3.05) is 24.5 Å². The summed E-state index contributed by atoms with van der Waals surface area (Å²) in [5.74, 6) is 0.808. The van der Waals surface area contributed by atoms with Gasteiger partial charge in [0.2, 0.25) is 5.95 Å². The van der Waals surface area contributed by atoms with Gasteiger partial charge in [0.05, 0.1) is 11.3 Å². The molecular weight excluding hydrogens is 402 g/mol. The third-order valence-electron chi connectivity index (χ3n) is 6.66. The molecule has 3 aromatic heterocycles. The minimum absolute atomic E-state index is 0.0392. The van der Waals surface area contributed by atoms with Gasteiger partial charge >= 0.3 is 0 Å². The molecule has 0 aromatic carbocycles. The fraction of sp³-hybridized carbons (Fsp3) is 0.458. The molecule has 5 heterocycles. The molecule has 1 amide bonds. The molecule has 166 valence electrons. The Morgan fingerprint density at radius 3 is 2.56 bits per heavy atom. The molecule has 0 atom stereocenters. The molecule has 0 N–H and O–H groups in total. The van der Waals surface area contributed by atoms with E-state index in [0.717, 1.165) is 48.7 Å². The Morgan fingerprint density at radius 2 is 1.88 bits per heavy atom. The maximum Gasteiger partial charge on any atom is 0.255 e. The Kier molecular flexibility index (Phi) is 5.15. The first-order chi connectivity index (χ1) is 15.4. The van der Waals surface area contributed by atoms with Crippen molar-refractivity contribution >= 4 is 11.9 Å². The van der Waals surface area contributed by atoms with Gasteiger partial charge in [-0.05, 0) is 51.3 Å². The molecular formula is C24H29N7O. The predicted molar refractivity (Wildman–Crippen MR) is 121 cm³/mol. The lowest BCUT2D eigenvalue weighted by molar-refractivity contribution is 0.0643. The lowest BCUT2D eigenvalue weighted by Crippen LogP contribution is -2.53. The number of carbonyl (C=O) groups is 1. The van der Waals surface area contributed by atoms with Crippen LogP contribution in [0, 0.1) is 6.92 Å². The van der Waals surface area contributed by atoms with E-state index in [-0.39, 0.29) is 17.4 Å². The fourth-order valence-electron chi connectivity index (χ4n) is 4.94. The zero-order chi connectivity index (χ0) is 22.3. The van der Waals surface area contributed by atoms with Gasteiger partial charge < -0.3 is 9.80 Å². The van der Waals surface area contributed by atoms with E-state index in [9.17, 15) is 4.79 Å². The molecule has 1 fully saturated rings. The smallest absolute Gasteiger partial charge is 0.255 e. The molecule has 2 aliphatic heterocycles. The second-order valence-electron chi connectivity index (χ2n) is 9.31. The van der Waals surface area contributed by atoms with Crippen molar-refractivity contribution in [3.63, 3.8) is 0 Å². The molecule has 1 spiro atoms. The van der Waals surface area contributed by atoms with Crippen molar-refractivity contribution in [1.82, 2.24) is 29.6 Å². The summed E-state index contributed by atoms with van der Waals surface area (Å²) in [5, 5.41) is 5.02. The number of pyridine rings is 1. The van der Waals surface area contributed by atoms with Gasteiger partial charge in [-0.15, -0.1) is 0 Å². The summed E-state index contributed by atoms with van der Waals surface area (Å²) < 4.78 is 2.04. The highest BCUT2D eigenvalue weighted by Crippen LogP contribution is 2.42. The number of rotatable bonds is 3. The standard InChI is InChI=1S/C24H29N7O/c1-17(2)31-15-20-14-30(22(32)19-11-18(3)12-25-13-19)16-24(21(20)28-31)5-9-29(10-6-24)23-26-7-4-8-27-23/h4,7-8,11-13,15,17H,5-6,9-10,14,16H2,1-3H3. The monoisotopic (exact) mass is 431 g/mol. The van der Waals surface area contributed by atoms with Crippen LogP contribution >= 0.6 is 0 Å². The van der Waals surface area contributed by atoms with Gasteiger partial charge in [0.1, 0.15) is 0 Å². The largest absolute Gasteiger partial charge is 0.341 e. The molecule has 2 aliphatic rings. The summed E-state index contributed by atoms with van der Waals surface area (Å²) in [4.78, 5) is 30.7. The summed E-state index contributed by atoms with van der Waals surface area (Å²) in [6.07, 6.45) is 11.0. The van der Waals surface area contributed by atoms with Gasteiger partial charge in [0.15, 0.2) is 0 Å². The molecule has 3 aromatic rings. The first-order valence-electron chi connectivity index (χ1n) is 11.3. The Labute approximate surface area is 188 Å². The van der Waals surface area contributed by atoms with Crippen LogP contribution in [-0.2, 0) is 12.0 Å². The molecule has 5 rings (SSSR count). The highest BCUT2D eigenvalue weighted by molar-refractivity contribution is 5.94. The normalized spacial score (nSPS) is 17.6. The lowest BCUT2D eigenvalue weighted by atomic mass is 9.72. The highest BCUT2D eigenvalue weighted by Gasteiger charge is 2.46. The van der Waals surface area contributed by atoms with E-state index >= 15 is 0 Å². The van der Waals surface area contributed by atoms with Crippen molar-refractivity contribution in [2.45, 2.75) is 51.6 Å². The van der Waals surface area contributed by atoms with Crippen LogP contribution in [0.5, 0.6) is 0 Å². The van der Waals surface area contributed by atoms with Crippen molar-refractivity contribution in [2.24, 2.45) is 0 Å². The Bertz CT molecular complexity index is 1120. The number of anilines is 1. The van der Waals surface area contributed by atoms with E-state index in [4.69, 9.17) is 5.10 Å². The average Bonchev–Trinajstić information content (AvgIpc) is 3.25. The zero-order valence-electron chi connectivity index (χ0n) is 18.9. The number of nitrogens with zero attached hydrogens (tertiary/aromatic N) is 7. The van der Waals surface area contributed by atoms with E-state index in [1.165, 1.54) is 0 Å². The number of aryl methyl sites for hydroxylation is 1. The minimum atomic E-state index is -0.161. The molecule has 0 radical (unpaired) electrons. The van der Waals surface area contributed by atoms with E-state index in [1.807, 2.05) is 28.6 Å². The van der Waals surface area contributed by atoms with E-state index in [1.54, 1.807) is 24.8 Å². The van der Waals surface area contributed by atoms with Gasteiger partial charge in [-0.1, -0.05) is 0 Å². The maximum atomic E-state index is 13.4. The van der Waals surface area contributed by atoms with Crippen LogP contribution in [0.3, 0.4) is 0 Å². The minimum Gasteiger partial charge on any atom is -0.341 e. The second-order valence-corrected chi connectivity index (χ2v) is 9.31. The van der Waals surface area contributed by atoms with Gasteiger partial charge in [-0.3, -0.25) is 14.5 Å². The van der Waals surface area contributed by atoms with Crippen molar-refractivity contribution in [3.05, 3.63) is 65.5 Å². The zero-order valence-corrected chi connectivity index (χ0v) is 18.9. The van der Waals surface area contributed by atoms with Gasteiger partial charge in [0, 0.05) is 74.2 Å². The Morgan fingerprint density at radius 1 is 1.12 bits per heavy atom. The molecule has 0 bridgehead atoms. The van der Waals surface area contributed by atoms with E-state index in [2.05, 4.69) is 39.9 Å². The third kappa shape index (κ3) is 3.63. The van der Waals surface area contributed by atoms with Crippen LogP contribution in [0.25, 0.3) is 0 Å². The van der Waals surface area contributed by atoms with E-state index < -0.39 is 0 Å². The SMILES string of the molecule is Cc1cncc(C(=O)N2Cc3cn(C(C)C)nc3C3(CCN(c4ncccn4)CC3)C2)c1. The van der Waals surface area contributed by atoms with Crippen LogP contribution in [0.1, 0.15) is 59.9 Å². The van der Waals surface area contributed by atoms with Gasteiger partial charge in [-0.25, -0.2) is 9.97 Å². The number of fused-ring (bicyclic) bond motifs is 2. The van der Waals surface area contributed by atoms with Crippen LogP contribution in [0.15, 0.2) is 43.1 Å². The molecule has 0 aliphatic carbocycles. The molecule has 8 nitrogen and oxygen atoms in total. The maximum absolute atomic E-state index is 13.4. The second kappa shape index (κ2) is 8.00. The molecule has 0 saturated carbocycles. The van der Waals surface area contributed by atoms with Crippen molar-refractivity contribution in [3.8, 4) is 0 Å². The topological polar surface area (TPSA) is 80.0 Å². The Hall–Kier alpha value is -3.29. The lowest BCUT2D eigenvalue weighted by Gasteiger charge is -2.46. The highest BCUT2D eigenvalue weighted by atomic mass is 16.2. The summed E-state index contributed by atoms with van der Waals surface area (Å²) in [5.41, 5.74) is 3.79. The first-order valence-corrected chi connectivity index (χ1v) is 11.3. The molecule has 8 heteroatoms. The third-order valence-corrected chi connectivity index (χ3v) is 6.66. The number of piperidine rings is 1. The van der Waals surface area contributed by atoms with Crippen LogP contribution in [0.2, 0.25) is 0 Å². The quantitative estimate of drug-likeness (QED) is 0.634. The number of carbonyl (C=O) groups excluding carboxylic acids is 1. The summed E-state index contributed by atoms with van der Waals surface area (Å²) in [7, 11) is 0. The number of hydrogen-bond donors (Lipinski definition) is 0. The number of aromatic nitrogens is 5. The van der Waals surface area contributed by atoms with Gasteiger partial charge in [-0.2, -0.15) is 5.10 Å². The molecule has 0 unspecified atom stereocenters. The van der Waals surface area contributed by atoms with Crippen LogP contribution < -0.4 is 4.90 Å². The molecule has 1 saturated heterocycles. The average molecular weight is 432 g/mol. The molecule has 32 heavy (non-hydrogen) atoms. The van der Waals surface area contributed by atoms with E-state index in [0.29, 0.717) is 18.7 Å². The summed E-state index contributed by atoms with van der Waals surface area (Å²) >= 11 is 0. The summed E-state index contributed by atoms with van der Waals surface area (Å²) in [6, 6.07) is 4.04. The van der Waals surface area contributed by atoms with Crippen LogP contribution in [-0.4, -0.2) is 55.2 Å². The van der Waals surface area contributed by atoms with Gasteiger partial charge in [0.25, 0.3) is 5.91 Å². The predicted octanol–water partition coefficient (Wildman–Crippen LogP) is 3.15. The van der Waals surface area contributed by atoms with Crippen molar-refractivity contribution < 1.29 is 4.79 Å². The number of hydrogen-bond acceptors (Lipinski definition) is 6. The van der Waals surface area contributed by atoms with Crippen LogP contribution in [0.4, 0.5) is 5.95 Å². The van der Waals surface area contributed by atoms with Crippen molar-refractivity contribution in [1.29, 1.82) is 0 Å². The fourth-order valence-corrected chi connectivity index (χ4v) is 4.94. The Balaban J connectivity index is 1.46. The summed E-state index contributed by atoms with van der Waals surface area (Å²) in [6.45, 7) is 9.18.